The van der Waals surface area contributed by atoms with Crippen molar-refractivity contribution in [2.75, 3.05) is 6.61 Å². The number of unbranched alkanes of at least 4 members (excludes halogenated alkanes) is 1. The third-order valence-electron chi connectivity index (χ3n) is 2.60. The highest BCUT2D eigenvalue weighted by Crippen LogP contribution is 2.16. The van der Waals surface area contributed by atoms with E-state index < -0.39 is 35.3 Å². The van der Waals surface area contributed by atoms with Crippen molar-refractivity contribution in [3.63, 3.8) is 0 Å². The van der Waals surface area contributed by atoms with Crippen molar-refractivity contribution >= 4 is 24.1 Å². The fourth-order valence-corrected chi connectivity index (χ4v) is 1.62. The van der Waals surface area contributed by atoms with Crippen LogP contribution in [-0.4, -0.2) is 46.8 Å². The lowest BCUT2D eigenvalue weighted by Crippen LogP contribution is -2.46. The van der Waals surface area contributed by atoms with E-state index in [0.717, 1.165) is 6.08 Å². The summed E-state index contributed by atoms with van der Waals surface area (Å²) in [4.78, 5) is 48.1. The van der Waals surface area contributed by atoms with Gasteiger partial charge in [-0.1, -0.05) is 6.58 Å². The second-order valence-corrected chi connectivity index (χ2v) is 7.52. The number of hydrogen-bond donors (Lipinski definition) is 0. The van der Waals surface area contributed by atoms with Crippen LogP contribution in [0, 0.1) is 0 Å². The van der Waals surface area contributed by atoms with Gasteiger partial charge in [0.1, 0.15) is 11.2 Å². The zero-order valence-corrected chi connectivity index (χ0v) is 16.4. The summed E-state index contributed by atoms with van der Waals surface area (Å²) in [5, 5.41) is 0. The Morgan fingerprint density at radius 2 is 1.35 bits per heavy atom. The van der Waals surface area contributed by atoms with Crippen molar-refractivity contribution in [2.45, 2.75) is 72.0 Å². The topological polar surface area (TPSA) is 99.2 Å². The van der Waals surface area contributed by atoms with Gasteiger partial charge >= 0.3 is 18.2 Å². The van der Waals surface area contributed by atoms with Crippen LogP contribution in [0.25, 0.3) is 0 Å². The number of nitrogens with zero attached hydrogens (tertiary/aromatic N) is 1. The van der Waals surface area contributed by atoms with Gasteiger partial charge in [-0.3, -0.25) is 4.79 Å². The van der Waals surface area contributed by atoms with Gasteiger partial charge in [0.2, 0.25) is 5.91 Å². The quantitative estimate of drug-likeness (QED) is 0.304. The summed E-state index contributed by atoms with van der Waals surface area (Å²) in [6.07, 6.45) is -0.542. The molecule has 0 aromatic rings. The molecule has 8 nitrogen and oxygen atoms in total. The van der Waals surface area contributed by atoms with E-state index in [0.29, 0.717) is 17.7 Å². The first-order valence-corrected chi connectivity index (χ1v) is 8.35. The summed E-state index contributed by atoms with van der Waals surface area (Å²) in [6, 6.07) is 0. The number of carbonyl (C=O) groups is 4. The van der Waals surface area contributed by atoms with E-state index in [9.17, 15) is 19.2 Å². The minimum atomic E-state index is -1.09. The van der Waals surface area contributed by atoms with Crippen LogP contribution in [0.4, 0.5) is 9.59 Å². The lowest BCUT2D eigenvalue weighted by Gasteiger charge is -2.27. The van der Waals surface area contributed by atoms with E-state index in [2.05, 4.69) is 6.58 Å². The molecular formula is C18H29NO7. The highest BCUT2D eigenvalue weighted by atomic mass is 16.6. The fraction of sp³-hybridized carbons (Fsp3) is 0.667. The van der Waals surface area contributed by atoms with Crippen LogP contribution < -0.4 is 0 Å². The molecule has 0 aliphatic rings. The van der Waals surface area contributed by atoms with Crippen molar-refractivity contribution < 1.29 is 33.4 Å². The molecule has 0 aromatic carbocycles. The second-order valence-electron chi connectivity index (χ2n) is 7.52. The van der Waals surface area contributed by atoms with Crippen molar-refractivity contribution in [2.24, 2.45) is 0 Å². The molecule has 0 aromatic heterocycles. The molecule has 0 atom stereocenters. The zero-order valence-electron chi connectivity index (χ0n) is 16.4. The van der Waals surface area contributed by atoms with Crippen molar-refractivity contribution in [3.05, 3.63) is 12.7 Å². The summed E-state index contributed by atoms with van der Waals surface area (Å²) in [6.45, 7) is 13.1. The molecule has 8 heteroatoms. The Morgan fingerprint density at radius 1 is 0.885 bits per heavy atom. The molecule has 0 bridgehead atoms. The molecule has 26 heavy (non-hydrogen) atoms. The largest absolute Gasteiger partial charge is 0.463 e. The van der Waals surface area contributed by atoms with Gasteiger partial charge < -0.3 is 14.2 Å². The normalized spacial score (nSPS) is 11.3. The third-order valence-corrected chi connectivity index (χ3v) is 2.60. The first-order valence-electron chi connectivity index (χ1n) is 8.35. The summed E-state index contributed by atoms with van der Waals surface area (Å²) >= 11 is 0. The fourth-order valence-electron chi connectivity index (χ4n) is 1.62. The average Bonchev–Trinajstić information content (AvgIpc) is 2.42. The summed E-state index contributed by atoms with van der Waals surface area (Å²) in [5.74, 6) is -1.30. The molecule has 0 aliphatic carbocycles. The monoisotopic (exact) mass is 371 g/mol. The Kier molecular flexibility index (Phi) is 9.03. The lowest BCUT2D eigenvalue weighted by atomic mass is 10.2. The van der Waals surface area contributed by atoms with Gasteiger partial charge in [-0.15, -0.1) is 4.90 Å². The molecule has 0 spiro atoms. The predicted octanol–water partition coefficient (Wildman–Crippen LogP) is 3.58. The second kappa shape index (κ2) is 9.94. The van der Waals surface area contributed by atoms with Gasteiger partial charge in [-0.2, -0.15) is 0 Å². The lowest BCUT2D eigenvalue weighted by molar-refractivity contribution is -0.137. The predicted molar refractivity (Wildman–Crippen MR) is 94.3 cm³/mol. The van der Waals surface area contributed by atoms with Gasteiger partial charge in [-0.25, -0.2) is 14.4 Å². The maximum atomic E-state index is 12.4. The maximum Gasteiger partial charge on any atom is 0.426 e. The molecule has 0 saturated heterocycles. The molecule has 0 fully saturated rings. The minimum absolute atomic E-state index is 0.107. The Labute approximate surface area is 154 Å². The van der Waals surface area contributed by atoms with Crippen molar-refractivity contribution in [1.29, 1.82) is 0 Å². The summed E-state index contributed by atoms with van der Waals surface area (Å²) in [5.41, 5.74) is -1.76. The first kappa shape index (κ1) is 23.6. The molecule has 0 heterocycles. The van der Waals surface area contributed by atoms with Gasteiger partial charge in [0, 0.05) is 12.5 Å². The van der Waals surface area contributed by atoms with Gasteiger partial charge in [0.05, 0.1) is 6.61 Å². The van der Waals surface area contributed by atoms with Gasteiger partial charge in [0.25, 0.3) is 0 Å². The SMILES string of the molecule is C=CC(=O)OCCCCC(=O)N(C(=O)OC(C)(C)C)C(=O)OC(C)(C)C. The van der Waals surface area contributed by atoms with E-state index in [1.165, 1.54) is 0 Å². The highest BCUT2D eigenvalue weighted by Gasteiger charge is 2.35. The van der Waals surface area contributed by atoms with E-state index in [1.54, 1.807) is 41.5 Å². The molecule has 0 radical (unpaired) electrons. The summed E-state index contributed by atoms with van der Waals surface area (Å²) < 4.78 is 15.0. The Morgan fingerprint density at radius 3 is 1.73 bits per heavy atom. The number of amides is 3. The van der Waals surface area contributed by atoms with Crippen LogP contribution in [0.1, 0.15) is 60.8 Å². The van der Waals surface area contributed by atoms with Crippen LogP contribution in [-0.2, 0) is 23.8 Å². The van der Waals surface area contributed by atoms with Crippen LogP contribution in [0.3, 0.4) is 0 Å². The molecule has 0 aliphatic heterocycles. The Balaban J connectivity index is 4.89. The van der Waals surface area contributed by atoms with Gasteiger partial charge in [-0.05, 0) is 54.4 Å². The molecular weight excluding hydrogens is 342 g/mol. The number of ether oxygens (including phenoxy) is 3. The van der Waals surface area contributed by atoms with Crippen molar-refractivity contribution in [3.8, 4) is 0 Å². The molecule has 0 saturated carbocycles. The van der Waals surface area contributed by atoms with Crippen LogP contribution in [0.5, 0.6) is 0 Å². The smallest absolute Gasteiger partial charge is 0.426 e. The number of rotatable bonds is 6. The number of imide groups is 3. The van der Waals surface area contributed by atoms with Crippen LogP contribution >= 0.6 is 0 Å². The van der Waals surface area contributed by atoms with Gasteiger partial charge in [0.15, 0.2) is 0 Å². The van der Waals surface area contributed by atoms with Crippen molar-refractivity contribution in [1.82, 2.24) is 4.90 Å². The molecule has 0 N–H and O–H groups in total. The maximum absolute atomic E-state index is 12.4. The number of hydrogen-bond acceptors (Lipinski definition) is 7. The van der Waals surface area contributed by atoms with Crippen LogP contribution in [0.15, 0.2) is 12.7 Å². The first-order chi connectivity index (χ1) is 11.8. The summed E-state index contributed by atoms with van der Waals surface area (Å²) in [7, 11) is 0. The highest BCUT2D eigenvalue weighted by molar-refractivity contribution is 6.06. The molecule has 0 unspecified atom stereocenters. The van der Waals surface area contributed by atoms with Crippen LogP contribution in [0.2, 0.25) is 0 Å². The zero-order chi connectivity index (χ0) is 20.5. The molecule has 0 rings (SSSR count). The average molecular weight is 371 g/mol. The Bertz CT molecular complexity index is 513. The standard InChI is InChI=1S/C18H29NO7/c1-8-14(21)24-12-10-9-11-13(20)19(15(22)25-17(2,3)4)16(23)26-18(5,6)7/h8H,1,9-12H2,2-7H3. The minimum Gasteiger partial charge on any atom is -0.463 e. The number of esters is 1. The van der Waals surface area contributed by atoms with E-state index in [1.807, 2.05) is 0 Å². The number of carbonyl (C=O) groups excluding carboxylic acids is 4. The van der Waals surface area contributed by atoms with E-state index >= 15 is 0 Å². The molecule has 3 amide bonds. The van der Waals surface area contributed by atoms with E-state index in [4.69, 9.17) is 14.2 Å². The van der Waals surface area contributed by atoms with E-state index in [-0.39, 0.29) is 13.0 Å². The Hall–Kier alpha value is -2.38. The molecule has 148 valence electrons. The third kappa shape index (κ3) is 10.5.